The van der Waals surface area contributed by atoms with E-state index in [4.69, 9.17) is 0 Å². The Morgan fingerprint density at radius 2 is 1.25 bits per heavy atom. The molecule has 0 unspecified atom stereocenters. The summed E-state index contributed by atoms with van der Waals surface area (Å²) in [6.07, 6.45) is 0. The van der Waals surface area contributed by atoms with E-state index < -0.39 is 0 Å². The van der Waals surface area contributed by atoms with Gasteiger partial charge in [0.05, 0.1) is 0 Å². The first-order valence-corrected chi connectivity index (χ1v) is 4.31. The summed E-state index contributed by atoms with van der Waals surface area (Å²) in [7, 11) is 0. The van der Waals surface area contributed by atoms with Crippen LogP contribution in [-0.4, -0.2) is 5.78 Å². The van der Waals surface area contributed by atoms with Crippen molar-refractivity contribution in [2.75, 3.05) is 0 Å². The van der Waals surface area contributed by atoms with Crippen LogP contribution in [0.25, 0.3) is 0 Å². The van der Waals surface area contributed by atoms with Crippen LogP contribution in [-0.2, 0) is 4.79 Å². The molecule has 0 heterocycles. The fraction of sp³-hybridized carbons (Fsp3) is 0.727. The van der Waals surface area contributed by atoms with E-state index in [9.17, 15) is 4.79 Å². The molecule has 1 heteroatoms. The fourth-order valence-electron chi connectivity index (χ4n) is 0.793. The second kappa shape index (κ2) is 3.04. The van der Waals surface area contributed by atoms with Crippen molar-refractivity contribution in [2.24, 2.45) is 10.8 Å². The Hall–Kier alpha value is -0.590. The molecule has 70 valence electrons. The Morgan fingerprint density at radius 3 is 1.33 bits per heavy atom. The van der Waals surface area contributed by atoms with Crippen molar-refractivity contribution in [3.63, 3.8) is 0 Å². The third kappa shape index (κ3) is 2.80. The number of ketones is 1. The van der Waals surface area contributed by atoms with E-state index in [2.05, 4.69) is 6.58 Å². The molecule has 0 radical (unpaired) electrons. The van der Waals surface area contributed by atoms with E-state index >= 15 is 0 Å². The van der Waals surface area contributed by atoms with Gasteiger partial charge in [0.1, 0.15) is 0 Å². The van der Waals surface area contributed by atoms with Crippen molar-refractivity contribution in [1.29, 1.82) is 0 Å². The molecular weight excluding hydrogens is 148 g/mol. The first-order valence-electron chi connectivity index (χ1n) is 4.31. The fourth-order valence-corrected chi connectivity index (χ4v) is 0.793. The van der Waals surface area contributed by atoms with E-state index in [-0.39, 0.29) is 16.6 Å². The first kappa shape index (κ1) is 11.4. The molecule has 0 saturated heterocycles. The monoisotopic (exact) mass is 168 g/mol. The quantitative estimate of drug-likeness (QED) is 0.549. The lowest BCUT2D eigenvalue weighted by atomic mass is 9.76. The number of carbonyl (C=O) groups is 1. The van der Waals surface area contributed by atoms with Crippen molar-refractivity contribution >= 4 is 5.78 Å². The normalized spacial score (nSPS) is 12.8. The summed E-state index contributed by atoms with van der Waals surface area (Å²) >= 11 is 0. The van der Waals surface area contributed by atoms with Crippen LogP contribution in [0.4, 0.5) is 0 Å². The molecule has 0 aromatic heterocycles. The van der Waals surface area contributed by atoms with Gasteiger partial charge in [0.25, 0.3) is 0 Å². The number of Topliss-reactive ketones (excluding diaryl/α,β-unsaturated/α-hetero) is 1. The third-order valence-electron chi connectivity index (χ3n) is 1.86. The second-order valence-electron chi connectivity index (χ2n) is 5.31. The number of hydrogen-bond donors (Lipinski definition) is 0. The molecule has 0 aromatic carbocycles. The summed E-state index contributed by atoms with van der Waals surface area (Å²) in [5.41, 5.74) is 0.310. The average molecular weight is 168 g/mol. The minimum Gasteiger partial charge on any atom is -0.294 e. The largest absolute Gasteiger partial charge is 0.294 e. The maximum Gasteiger partial charge on any atom is 0.164 e. The summed E-state index contributed by atoms with van der Waals surface area (Å²) in [5.74, 6) is 0.162. The van der Waals surface area contributed by atoms with E-state index in [1.54, 1.807) is 0 Å². The van der Waals surface area contributed by atoms with Crippen LogP contribution in [0.3, 0.4) is 0 Å². The predicted octanol–water partition coefficient (Wildman–Crippen LogP) is 3.20. The van der Waals surface area contributed by atoms with Gasteiger partial charge in [0.2, 0.25) is 0 Å². The molecule has 0 amide bonds. The Bertz CT molecular complexity index is 174. The molecule has 0 rings (SSSR count). The lowest BCUT2D eigenvalue weighted by molar-refractivity contribution is -0.123. The summed E-state index contributed by atoms with van der Waals surface area (Å²) in [5, 5.41) is 0. The molecule has 12 heavy (non-hydrogen) atoms. The van der Waals surface area contributed by atoms with Gasteiger partial charge >= 0.3 is 0 Å². The molecule has 0 aliphatic rings. The Balaban J connectivity index is 4.66. The molecule has 0 saturated carbocycles. The topological polar surface area (TPSA) is 17.1 Å². The molecule has 0 aromatic rings. The van der Waals surface area contributed by atoms with Crippen LogP contribution < -0.4 is 0 Å². The zero-order valence-corrected chi connectivity index (χ0v) is 9.12. The van der Waals surface area contributed by atoms with Gasteiger partial charge in [-0.1, -0.05) is 48.1 Å². The zero-order valence-electron chi connectivity index (χ0n) is 9.12. The minimum atomic E-state index is -0.301. The predicted molar refractivity (Wildman–Crippen MR) is 53.1 cm³/mol. The van der Waals surface area contributed by atoms with Gasteiger partial charge in [-0.3, -0.25) is 4.79 Å². The lowest BCUT2D eigenvalue weighted by Crippen LogP contribution is -2.27. The standard InChI is InChI=1S/C11H20O/c1-8(10(2,3)4)9(12)11(5,6)7/h1H2,2-7H3. The maximum atomic E-state index is 11.7. The summed E-state index contributed by atoms with van der Waals surface area (Å²) in [6.45, 7) is 15.7. The molecule has 0 atom stereocenters. The zero-order chi connectivity index (χ0) is 10.2. The van der Waals surface area contributed by atoms with Gasteiger partial charge in [-0.2, -0.15) is 0 Å². The number of rotatable bonds is 1. The molecule has 0 N–H and O–H groups in total. The van der Waals surface area contributed by atoms with E-state index in [0.29, 0.717) is 0 Å². The number of carbonyl (C=O) groups excluding carboxylic acids is 1. The van der Waals surface area contributed by atoms with Gasteiger partial charge in [-0.15, -0.1) is 0 Å². The van der Waals surface area contributed by atoms with Crippen LogP contribution in [0, 0.1) is 10.8 Å². The summed E-state index contributed by atoms with van der Waals surface area (Å²) in [4.78, 5) is 11.7. The first-order chi connectivity index (χ1) is 5.07. The Labute approximate surface area is 75.9 Å². The highest BCUT2D eigenvalue weighted by atomic mass is 16.1. The highest BCUT2D eigenvalue weighted by molar-refractivity contribution is 5.99. The van der Waals surface area contributed by atoms with E-state index in [1.807, 2.05) is 41.5 Å². The average Bonchev–Trinajstić information content (AvgIpc) is 1.80. The van der Waals surface area contributed by atoms with Gasteiger partial charge in [0.15, 0.2) is 5.78 Å². The molecule has 0 aliphatic heterocycles. The van der Waals surface area contributed by atoms with Crippen LogP contribution in [0.2, 0.25) is 0 Å². The van der Waals surface area contributed by atoms with Crippen LogP contribution >= 0.6 is 0 Å². The smallest absolute Gasteiger partial charge is 0.164 e. The highest BCUT2D eigenvalue weighted by Crippen LogP contribution is 2.30. The van der Waals surface area contributed by atoms with Gasteiger partial charge in [-0.25, -0.2) is 0 Å². The van der Waals surface area contributed by atoms with Crippen molar-refractivity contribution in [3.8, 4) is 0 Å². The van der Waals surface area contributed by atoms with Crippen LogP contribution in [0.5, 0.6) is 0 Å². The molecule has 0 bridgehead atoms. The van der Waals surface area contributed by atoms with Crippen molar-refractivity contribution in [1.82, 2.24) is 0 Å². The molecule has 0 fully saturated rings. The number of allylic oxidation sites excluding steroid dienone is 1. The molecule has 0 spiro atoms. The maximum absolute atomic E-state index is 11.7. The second-order valence-corrected chi connectivity index (χ2v) is 5.31. The van der Waals surface area contributed by atoms with Crippen molar-refractivity contribution in [2.45, 2.75) is 41.5 Å². The van der Waals surface area contributed by atoms with Crippen molar-refractivity contribution < 1.29 is 4.79 Å². The van der Waals surface area contributed by atoms with Gasteiger partial charge < -0.3 is 0 Å². The van der Waals surface area contributed by atoms with E-state index in [0.717, 1.165) is 5.57 Å². The third-order valence-corrected chi connectivity index (χ3v) is 1.86. The van der Waals surface area contributed by atoms with Crippen LogP contribution in [0.15, 0.2) is 12.2 Å². The molecule has 1 nitrogen and oxygen atoms in total. The Morgan fingerprint density at radius 1 is 0.917 bits per heavy atom. The summed E-state index contributed by atoms with van der Waals surface area (Å²) in [6, 6.07) is 0. The van der Waals surface area contributed by atoms with Gasteiger partial charge in [0, 0.05) is 5.41 Å². The van der Waals surface area contributed by atoms with E-state index in [1.165, 1.54) is 0 Å². The Kier molecular flexibility index (Phi) is 2.89. The number of hydrogen-bond acceptors (Lipinski definition) is 1. The van der Waals surface area contributed by atoms with Crippen molar-refractivity contribution in [3.05, 3.63) is 12.2 Å². The molecule has 0 aliphatic carbocycles. The summed E-state index contributed by atoms with van der Waals surface area (Å²) < 4.78 is 0. The van der Waals surface area contributed by atoms with Crippen LogP contribution in [0.1, 0.15) is 41.5 Å². The molecular formula is C11H20O. The highest BCUT2D eigenvalue weighted by Gasteiger charge is 2.29. The van der Waals surface area contributed by atoms with Gasteiger partial charge in [-0.05, 0) is 11.0 Å². The SMILES string of the molecule is C=C(C(=O)C(C)(C)C)C(C)(C)C. The minimum absolute atomic E-state index is 0.107. The lowest BCUT2D eigenvalue weighted by Gasteiger charge is -2.26.